The molecule has 0 atom stereocenters. The smallest absolute Gasteiger partial charge is 0.344 e. The van der Waals surface area contributed by atoms with Gasteiger partial charge < -0.3 is 12.3 Å². The van der Waals surface area contributed by atoms with Gasteiger partial charge in [0.2, 0.25) is 0 Å². The van der Waals surface area contributed by atoms with Crippen LogP contribution in [-0.4, -0.2) is 18.5 Å². The van der Waals surface area contributed by atoms with Crippen molar-refractivity contribution in [3.05, 3.63) is 0 Å². The second-order valence-corrected chi connectivity index (χ2v) is 2.33. The molecular formula is CH7F3N2O3S. The van der Waals surface area contributed by atoms with E-state index >= 15 is 0 Å². The van der Waals surface area contributed by atoms with Gasteiger partial charge in [-0.3, -0.25) is 4.55 Å². The topological polar surface area (TPSA) is 124 Å². The Labute approximate surface area is 55.1 Å². The molecule has 0 spiro atoms. The maximum atomic E-state index is 10.7. The molecular weight excluding hydrogens is 177 g/mol. The van der Waals surface area contributed by atoms with Gasteiger partial charge in [0.1, 0.15) is 0 Å². The van der Waals surface area contributed by atoms with Crippen LogP contribution >= 0.6 is 0 Å². The highest BCUT2D eigenvalue weighted by atomic mass is 32.2. The summed E-state index contributed by atoms with van der Waals surface area (Å²) in [6, 6.07) is 0. The molecule has 0 saturated heterocycles. The van der Waals surface area contributed by atoms with E-state index in [-0.39, 0.29) is 12.3 Å². The van der Waals surface area contributed by atoms with Crippen LogP contribution in [0.15, 0.2) is 0 Å². The van der Waals surface area contributed by atoms with Gasteiger partial charge in [0.15, 0.2) is 0 Å². The van der Waals surface area contributed by atoms with Gasteiger partial charge in [-0.15, -0.1) is 0 Å². The number of hydrogen-bond acceptors (Lipinski definition) is 4. The van der Waals surface area contributed by atoms with Crippen LogP contribution in [0.25, 0.3) is 0 Å². The fourth-order valence-corrected chi connectivity index (χ4v) is 0. The minimum absolute atomic E-state index is 0. The molecule has 0 aliphatic rings. The Bertz CT molecular complexity index is 171. The Morgan fingerprint density at radius 2 is 1.20 bits per heavy atom. The molecule has 7 N–H and O–H groups in total. The molecule has 0 radical (unpaired) electrons. The van der Waals surface area contributed by atoms with Crippen LogP contribution in [-0.2, 0) is 10.1 Å². The van der Waals surface area contributed by atoms with Gasteiger partial charge in [-0.2, -0.15) is 21.6 Å². The van der Waals surface area contributed by atoms with Crippen molar-refractivity contribution in [3.63, 3.8) is 0 Å². The first kappa shape index (κ1) is 16.3. The lowest BCUT2D eigenvalue weighted by Crippen LogP contribution is -2.21. The summed E-state index contributed by atoms with van der Waals surface area (Å²) in [6.07, 6.45) is 0. The van der Waals surface area contributed by atoms with Gasteiger partial charge in [-0.25, -0.2) is 0 Å². The largest absolute Gasteiger partial charge is 0.522 e. The van der Waals surface area contributed by atoms with Crippen LogP contribution in [0.1, 0.15) is 0 Å². The summed E-state index contributed by atoms with van der Waals surface area (Å²) < 4.78 is 57.5. The molecule has 0 amide bonds. The minimum atomic E-state index is -5.84. The molecule has 0 fully saturated rings. The van der Waals surface area contributed by atoms with E-state index in [9.17, 15) is 13.2 Å². The van der Waals surface area contributed by atoms with Crippen LogP contribution in [0, 0.1) is 0 Å². The standard InChI is InChI=1S/CHF3O3S.2H3N/c2-1(3,4)8(5,6)7;;/h(H,5,6,7);2*1H3. The van der Waals surface area contributed by atoms with E-state index in [0.717, 1.165) is 0 Å². The summed E-state index contributed by atoms with van der Waals surface area (Å²) in [5.74, 6) is 0. The van der Waals surface area contributed by atoms with Crippen LogP contribution in [0.2, 0.25) is 0 Å². The van der Waals surface area contributed by atoms with E-state index in [1.54, 1.807) is 0 Å². The first-order valence-electron chi connectivity index (χ1n) is 1.29. The summed E-state index contributed by atoms with van der Waals surface area (Å²) in [5, 5.41) is 0. The van der Waals surface area contributed by atoms with Crippen molar-refractivity contribution in [2.45, 2.75) is 5.51 Å². The van der Waals surface area contributed by atoms with E-state index in [0.29, 0.717) is 0 Å². The van der Waals surface area contributed by atoms with E-state index in [1.165, 1.54) is 0 Å². The van der Waals surface area contributed by atoms with Crippen LogP contribution < -0.4 is 12.3 Å². The average molecular weight is 184 g/mol. The average Bonchev–Trinajstić information content (AvgIpc) is 1.25. The van der Waals surface area contributed by atoms with Crippen LogP contribution in [0.4, 0.5) is 13.2 Å². The number of hydrogen-bond donors (Lipinski definition) is 3. The predicted octanol–water partition coefficient (Wildman–Crippen LogP) is 0.718. The lowest BCUT2D eigenvalue weighted by Gasteiger charge is -1.97. The summed E-state index contributed by atoms with van der Waals surface area (Å²) in [7, 11) is -5.84. The molecule has 0 aromatic heterocycles. The zero-order valence-electron chi connectivity index (χ0n) is 4.72. The summed E-state index contributed by atoms with van der Waals surface area (Å²) >= 11 is 0. The molecule has 0 aromatic rings. The van der Waals surface area contributed by atoms with Gasteiger partial charge in [0.25, 0.3) is 0 Å². The van der Waals surface area contributed by atoms with Gasteiger partial charge >= 0.3 is 15.6 Å². The van der Waals surface area contributed by atoms with Crippen LogP contribution in [0.5, 0.6) is 0 Å². The maximum absolute atomic E-state index is 10.7. The quantitative estimate of drug-likeness (QED) is 0.377. The Morgan fingerprint density at radius 3 is 1.20 bits per heavy atom. The van der Waals surface area contributed by atoms with Crippen molar-refractivity contribution >= 4 is 10.1 Å². The lowest BCUT2D eigenvalue weighted by molar-refractivity contribution is -0.0510. The normalized spacial score (nSPS) is 11.2. The predicted molar refractivity (Wildman–Crippen MR) is 27.6 cm³/mol. The number of rotatable bonds is 0. The first-order valence-corrected chi connectivity index (χ1v) is 2.73. The summed E-state index contributed by atoms with van der Waals surface area (Å²) in [4.78, 5) is 0. The minimum Gasteiger partial charge on any atom is -0.344 e. The van der Waals surface area contributed by atoms with Crippen molar-refractivity contribution < 1.29 is 26.1 Å². The van der Waals surface area contributed by atoms with E-state index in [1.807, 2.05) is 0 Å². The van der Waals surface area contributed by atoms with E-state index in [4.69, 9.17) is 13.0 Å². The maximum Gasteiger partial charge on any atom is 0.522 e. The fraction of sp³-hybridized carbons (Fsp3) is 1.00. The molecule has 0 heterocycles. The molecule has 0 bridgehead atoms. The molecule has 5 nitrogen and oxygen atoms in total. The van der Waals surface area contributed by atoms with Crippen molar-refractivity contribution in [3.8, 4) is 0 Å². The zero-order valence-corrected chi connectivity index (χ0v) is 5.54. The highest BCUT2D eigenvalue weighted by Gasteiger charge is 2.44. The molecule has 0 unspecified atom stereocenters. The van der Waals surface area contributed by atoms with Crippen molar-refractivity contribution in [2.75, 3.05) is 0 Å². The van der Waals surface area contributed by atoms with Gasteiger partial charge in [-0.05, 0) is 0 Å². The second kappa shape index (κ2) is 3.71. The molecule has 0 aliphatic carbocycles. The number of alkyl halides is 3. The SMILES string of the molecule is N.N.O=S(=O)(O)C(F)(F)F. The fourth-order valence-electron chi connectivity index (χ4n) is 0. The van der Waals surface area contributed by atoms with Crippen molar-refractivity contribution in [1.82, 2.24) is 12.3 Å². The van der Waals surface area contributed by atoms with Crippen LogP contribution in [0.3, 0.4) is 0 Å². The van der Waals surface area contributed by atoms with Gasteiger partial charge in [-0.1, -0.05) is 0 Å². The number of halogens is 3. The second-order valence-electron chi connectivity index (χ2n) is 0.921. The third-order valence-corrected chi connectivity index (χ3v) is 0.877. The molecule has 9 heteroatoms. The molecule has 0 rings (SSSR count). The molecule has 0 aromatic carbocycles. The van der Waals surface area contributed by atoms with Gasteiger partial charge in [0.05, 0.1) is 0 Å². The van der Waals surface area contributed by atoms with Gasteiger partial charge in [0, 0.05) is 0 Å². The molecule has 10 heavy (non-hydrogen) atoms. The molecule has 0 aliphatic heterocycles. The third-order valence-electron chi connectivity index (χ3n) is 0.292. The summed E-state index contributed by atoms with van der Waals surface area (Å²) in [5.41, 5.74) is -5.53. The van der Waals surface area contributed by atoms with E-state index in [2.05, 4.69) is 0 Å². The highest BCUT2D eigenvalue weighted by molar-refractivity contribution is 7.86. The van der Waals surface area contributed by atoms with Crippen molar-refractivity contribution in [2.24, 2.45) is 0 Å². The monoisotopic (exact) mass is 184 g/mol. The Morgan fingerprint density at radius 1 is 1.10 bits per heavy atom. The third kappa shape index (κ3) is 4.49. The first-order chi connectivity index (χ1) is 3.25. The Balaban J connectivity index is -0.000000245. The Hall–Kier alpha value is -0.380. The van der Waals surface area contributed by atoms with Crippen molar-refractivity contribution in [1.29, 1.82) is 0 Å². The lowest BCUT2D eigenvalue weighted by atomic mass is 11.6. The summed E-state index contributed by atoms with van der Waals surface area (Å²) in [6.45, 7) is 0. The zero-order chi connectivity index (χ0) is 7.00. The highest BCUT2D eigenvalue weighted by Crippen LogP contribution is 2.20. The molecule has 0 saturated carbocycles. The molecule has 66 valence electrons. The Kier molecular flexibility index (Phi) is 6.05. The van der Waals surface area contributed by atoms with E-state index < -0.39 is 15.6 Å².